The molecule has 5 heteroatoms. The molecule has 0 radical (unpaired) electrons. The van der Waals surface area contributed by atoms with Crippen LogP contribution >= 0.6 is 0 Å². The number of ether oxygens (including phenoxy) is 1. The number of carbonyl (C=O) groups is 1. The number of aromatic nitrogens is 2. The van der Waals surface area contributed by atoms with Gasteiger partial charge in [-0.05, 0) is 44.1 Å². The molecular formula is C16H25N3O2. The minimum atomic E-state index is 0.0817. The number of carbonyl (C=O) groups excluding carboxylic acids is 1. The second kappa shape index (κ2) is 6.18. The van der Waals surface area contributed by atoms with Crippen LogP contribution in [-0.4, -0.2) is 45.9 Å². The molecule has 2 aliphatic heterocycles. The van der Waals surface area contributed by atoms with E-state index in [2.05, 4.69) is 5.10 Å². The Morgan fingerprint density at radius 3 is 2.90 bits per heavy atom. The molecule has 5 nitrogen and oxygen atoms in total. The van der Waals surface area contributed by atoms with Gasteiger partial charge in [-0.2, -0.15) is 5.10 Å². The van der Waals surface area contributed by atoms with Gasteiger partial charge in [0.05, 0.1) is 11.8 Å². The number of nitrogens with zero attached hydrogens (tertiary/aromatic N) is 3. The van der Waals surface area contributed by atoms with E-state index in [-0.39, 0.29) is 11.5 Å². The Balaban J connectivity index is 1.50. The van der Waals surface area contributed by atoms with Crippen molar-refractivity contribution in [3.05, 3.63) is 18.0 Å². The van der Waals surface area contributed by atoms with Crippen LogP contribution in [-0.2, 0) is 23.0 Å². The molecule has 3 rings (SSSR count). The minimum Gasteiger partial charge on any atom is -0.375 e. The molecule has 3 heterocycles. The molecule has 1 amide bonds. The molecule has 0 aromatic carbocycles. The van der Waals surface area contributed by atoms with Crippen LogP contribution < -0.4 is 0 Å². The van der Waals surface area contributed by atoms with Gasteiger partial charge in [0, 0.05) is 39.4 Å². The second-order valence-electron chi connectivity index (χ2n) is 6.39. The molecular weight excluding hydrogens is 266 g/mol. The third-order valence-electron chi connectivity index (χ3n) is 4.82. The second-order valence-corrected chi connectivity index (χ2v) is 6.39. The van der Waals surface area contributed by atoms with Gasteiger partial charge in [0.1, 0.15) is 0 Å². The van der Waals surface area contributed by atoms with E-state index in [1.165, 1.54) is 12.8 Å². The van der Waals surface area contributed by atoms with E-state index in [0.717, 1.165) is 50.9 Å². The van der Waals surface area contributed by atoms with Crippen molar-refractivity contribution in [1.29, 1.82) is 0 Å². The summed E-state index contributed by atoms with van der Waals surface area (Å²) in [5.41, 5.74) is 1.22. The Bertz CT molecular complexity index is 491. The molecule has 0 bridgehead atoms. The van der Waals surface area contributed by atoms with Gasteiger partial charge in [-0.1, -0.05) is 0 Å². The fraction of sp³-hybridized carbons (Fsp3) is 0.750. The summed E-state index contributed by atoms with van der Waals surface area (Å²) in [6, 6.07) is 0. The fourth-order valence-electron chi connectivity index (χ4n) is 3.58. The van der Waals surface area contributed by atoms with E-state index in [1.54, 1.807) is 4.68 Å². The van der Waals surface area contributed by atoms with Crippen LogP contribution in [0.2, 0.25) is 0 Å². The van der Waals surface area contributed by atoms with E-state index < -0.39 is 0 Å². The largest absolute Gasteiger partial charge is 0.375 e. The van der Waals surface area contributed by atoms with Gasteiger partial charge in [-0.25, -0.2) is 0 Å². The summed E-state index contributed by atoms with van der Waals surface area (Å²) in [4.78, 5) is 14.4. The van der Waals surface area contributed by atoms with Gasteiger partial charge in [0.2, 0.25) is 5.91 Å². The van der Waals surface area contributed by atoms with Gasteiger partial charge >= 0.3 is 0 Å². The van der Waals surface area contributed by atoms with Crippen molar-refractivity contribution in [3.8, 4) is 0 Å². The van der Waals surface area contributed by atoms with Crippen LogP contribution in [0.5, 0.6) is 0 Å². The SMILES string of the molecule is Cn1cc(CCC(=O)N2CCC[C@]3(CCCO3)CC2)cn1. The van der Waals surface area contributed by atoms with Crippen LogP contribution in [0.25, 0.3) is 0 Å². The third-order valence-corrected chi connectivity index (χ3v) is 4.82. The van der Waals surface area contributed by atoms with Crippen LogP contribution in [0.1, 0.15) is 44.1 Å². The molecule has 0 unspecified atom stereocenters. The number of likely N-dealkylation sites (tertiary alicyclic amines) is 1. The lowest BCUT2D eigenvalue weighted by molar-refractivity contribution is -0.131. The number of amides is 1. The zero-order valence-electron chi connectivity index (χ0n) is 12.9. The van der Waals surface area contributed by atoms with Crippen LogP contribution in [0.15, 0.2) is 12.4 Å². The van der Waals surface area contributed by atoms with E-state index in [9.17, 15) is 4.79 Å². The van der Waals surface area contributed by atoms with Crippen molar-refractivity contribution in [2.45, 2.75) is 50.5 Å². The zero-order chi connectivity index (χ0) is 14.7. The lowest BCUT2D eigenvalue weighted by atomic mass is 9.92. The average Bonchev–Trinajstić information content (AvgIpc) is 3.03. The zero-order valence-corrected chi connectivity index (χ0v) is 12.9. The summed E-state index contributed by atoms with van der Waals surface area (Å²) < 4.78 is 7.76. The predicted octanol–water partition coefficient (Wildman–Crippen LogP) is 1.91. The van der Waals surface area contributed by atoms with Crippen molar-refractivity contribution >= 4 is 5.91 Å². The predicted molar refractivity (Wildman–Crippen MR) is 79.9 cm³/mol. The fourth-order valence-corrected chi connectivity index (χ4v) is 3.58. The van der Waals surface area contributed by atoms with Crippen molar-refractivity contribution in [2.24, 2.45) is 7.05 Å². The van der Waals surface area contributed by atoms with Gasteiger partial charge in [0.25, 0.3) is 0 Å². The maximum atomic E-state index is 12.4. The Hall–Kier alpha value is -1.36. The van der Waals surface area contributed by atoms with Gasteiger partial charge < -0.3 is 9.64 Å². The molecule has 0 aliphatic carbocycles. The first-order valence-electron chi connectivity index (χ1n) is 8.06. The van der Waals surface area contributed by atoms with E-state index >= 15 is 0 Å². The summed E-state index contributed by atoms with van der Waals surface area (Å²) in [6.07, 6.45) is 10.7. The first kappa shape index (κ1) is 14.6. The molecule has 116 valence electrons. The Morgan fingerprint density at radius 2 is 2.19 bits per heavy atom. The normalized spacial score (nSPS) is 26.2. The first-order chi connectivity index (χ1) is 10.2. The maximum absolute atomic E-state index is 12.4. The Morgan fingerprint density at radius 1 is 1.33 bits per heavy atom. The summed E-state index contributed by atoms with van der Waals surface area (Å²) >= 11 is 0. The molecule has 1 spiro atoms. The topological polar surface area (TPSA) is 47.4 Å². The van der Waals surface area contributed by atoms with E-state index in [1.807, 2.05) is 24.3 Å². The molecule has 2 fully saturated rings. The molecule has 2 saturated heterocycles. The summed E-state index contributed by atoms with van der Waals surface area (Å²) in [5.74, 6) is 0.272. The molecule has 1 aromatic rings. The highest BCUT2D eigenvalue weighted by Crippen LogP contribution is 2.35. The van der Waals surface area contributed by atoms with Crippen LogP contribution in [0.3, 0.4) is 0 Å². The van der Waals surface area contributed by atoms with Gasteiger partial charge in [-0.3, -0.25) is 9.48 Å². The smallest absolute Gasteiger partial charge is 0.222 e. The van der Waals surface area contributed by atoms with Crippen molar-refractivity contribution in [1.82, 2.24) is 14.7 Å². The lowest BCUT2D eigenvalue weighted by Gasteiger charge is -2.27. The molecule has 0 saturated carbocycles. The molecule has 1 aromatic heterocycles. The van der Waals surface area contributed by atoms with E-state index in [0.29, 0.717) is 6.42 Å². The van der Waals surface area contributed by atoms with Crippen molar-refractivity contribution in [3.63, 3.8) is 0 Å². The average molecular weight is 291 g/mol. The Labute approximate surface area is 126 Å². The number of rotatable bonds is 3. The van der Waals surface area contributed by atoms with Crippen molar-refractivity contribution < 1.29 is 9.53 Å². The van der Waals surface area contributed by atoms with E-state index in [4.69, 9.17) is 4.74 Å². The summed E-state index contributed by atoms with van der Waals surface area (Å²) in [5, 5.41) is 4.15. The number of aryl methyl sites for hydroxylation is 2. The molecule has 0 N–H and O–H groups in total. The summed E-state index contributed by atoms with van der Waals surface area (Å²) in [7, 11) is 1.90. The molecule has 2 aliphatic rings. The highest BCUT2D eigenvalue weighted by molar-refractivity contribution is 5.76. The maximum Gasteiger partial charge on any atom is 0.222 e. The van der Waals surface area contributed by atoms with Crippen LogP contribution in [0, 0.1) is 0 Å². The van der Waals surface area contributed by atoms with Gasteiger partial charge in [-0.15, -0.1) is 0 Å². The van der Waals surface area contributed by atoms with Crippen LogP contribution in [0.4, 0.5) is 0 Å². The molecule has 21 heavy (non-hydrogen) atoms. The monoisotopic (exact) mass is 291 g/mol. The summed E-state index contributed by atoms with van der Waals surface area (Å²) in [6.45, 7) is 2.64. The number of hydrogen-bond acceptors (Lipinski definition) is 3. The highest BCUT2D eigenvalue weighted by Gasteiger charge is 2.37. The standard InChI is InChI=1S/C16H25N3O2/c1-18-13-14(12-17-18)4-5-15(20)19-9-2-6-16(8-10-19)7-3-11-21-16/h12-13H,2-11H2,1H3/t16-/m0/s1. The Kier molecular flexibility index (Phi) is 4.29. The third kappa shape index (κ3) is 3.46. The number of hydrogen-bond donors (Lipinski definition) is 0. The quantitative estimate of drug-likeness (QED) is 0.855. The lowest BCUT2D eigenvalue weighted by Crippen LogP contribution is -2.34. The molecule has 1 atom stereocenters. The first-order valence-corrected chi connectivity index (χ1v) is 8.06. The minimum absolute atomic E-state index is 0.0817. The highest BCUT2D eigenvalue weighted by atomic mass is 16.5. The van der Waals surface area contributed by atoms with Gasteiger partial charge in [0.15, 0.2) is 0 Å². The van der Waals surface area contributed by atoms with Crippen molar-refractivity contribution in [2.75, 3.05) is 19.7 Å².